The van der Waals surface area contributed by atoms with Crippen LogP contribution in [0.5, 0.6) is 0 Å². The van der Waals surface area contributed by atoms with Crippen molar-refractivity contribution in [1.29, 1.82) is 0 Å². The summed E-state index contributed by atoms with van der Waals surface area (Å²) in [5.74, 6) is 0.387. The summed E-state index contributed by atoms with van der Waals surface area (Å²) in [6.07, 6.45) is 0.928. The monoisotopic (exact) mass is 307 g/mol. The molecule has 0 saturated carbocycles. The van der Waals surface area contributed by atoms with Gasteiger partial charge in [0.1, 0.15) is 11.0 Å². The van der Waals surface area contributed by atoms with Crippen molar-refractivity contribution in [3.63, 3.8) is 0 Å². The number of hydrogen-bond donors (Lipinski definition) is 3. The van der Waals surface area contributed by atoms with Gasteiger partial charge in [0.2, 0.25) is 0 Å². The minimum absolute atomic E-state index is 0.218. The number of halogens is 1. The SMILES string of the molecule is CCCNc1cc(C(=O)Nc2ccc(=O)[nH]n2)cc(Cl)n1. The van der Waals surface area contributed by atoms with Crippen molar-refractivity contribution in [2.45, 2.75) is 13.3 Å². The van der Waals surface area contributed by atoms with Crippen molar-refractivity contribution in [2.75, 3.05) is 17.2 Å². The molecule has 0 fully saturated rings. The number of aromatic nitrogens is 3. The van der Waals surface area contributed by atoms with E-state index >= 15 is 0 Å². The first-order valence-electron chi connectivity index (χ1n) is 6.37. The van der Waals surface area contributed by atoms with Crippen LogP contribution in [0, 0.1) is 0 Å². The van der Waals surface area contributed by atoms with Gasteiger partial charge in [0.05, 0.1) is 0 Å². The summed E-state index contributed by atoms with van der Waals surface area (Å²) in [5.41, 5.74) is 0.00705. The lowest BCUT2D eigenvalue weighted by molar-refractivity contribution is 0.102. The number of nitrogens with one attached hydrogen (secondary N) is 3. The van der Waals surface area contributed by atoms with E-state index in [-0.39, 0.29) is 16.5 Å². The number of H-pyrrole nitrogens is 1. The molecular formula is C13H14ClN5O2. The minimum atomic E-state index is -0.390. The van der Waals surface area contributed by atoms with Gasteiger partial charge in [-0.05, 0) is 24.6 Å². The van der Waals surface area contributed by atoms with E-state index < -0.39 is 5.91 Å². The van der Waals surface area contributed by atoms with E-state index in [1.807, 2.05) is 6.92 Å². The average molecular weight is 308 g/mol. The van der Waals surface area contributed by atoms with E-state index in [4.69, 9.17) is 11.6 Å². The predicted octanol–water partition coefficient (Wildman–Crippen LogP) is 1.89. The van der Waals surface area contributed by atoms with Crippen molar-refractivity contribution in [1.82, 2.24) is 15.2 Å². The van der Waals surface area contributed by atoms with Gasteiger partial charge < -0.3 is 10.6 Å². The highest BCUT2D eigenvalue weighted by Gasteiger charge is 2.10. The smallest absolute Gasteiger partial charge is 0.264 e. The van der Waals surface area contributed by atoms with E-state index in [0.29, 0.717) is 11.4 Å². The Hall–Kier alpha value is -2.41. The molecule has 8 heteroatoms. The largest absolute Gasteiger partial charge is 0.370 e. The Balaban J connectivity index is 2.16. The summed E-state index contributed by atoms with van der Waals surface area (Å²) in [5, 5.41) is 11.8. The summed E-state index contributed by atoms with van der Waals surface area (Å²) >= 11 is 5.90. The molecule has 2 aromatic rings. The second-order valence-electron chi connectivity index (χ2n) is 4.25. The number of carbonyl (C=O) groups excluding carboxylic acids is 1. The molecule has 0 bridgehead atoms. The third-order valence-electron chi connectivity index (χ3n) is 2.53. The maximum atomic E-state index is 12.1. The Kier molecular flexibility index (Phi) is 4.89. The van der Waals surface area contributed by atoms with Gasteiger partial charge in [-0.25, -0.2) is 10.1 Å². The first kappa shape index (κ1) is 15.0. The second-order valence-corrected chi connectivity index (χ2v) is 4.64. The maximum absolute atomic E-state index is 12.1. The van der Waals surface area contributed by atoms with Gasteiger partial charge in [0.15, 0.2) is 5.82 Å². The molecule has 7 nitrogen and oxygen atoms in total. The zero-order chi connectivity index (χ0) is 15.2. The highest BCUT2D eigenvalue weighted by Crippen LogP contribution is 2.15. The molecule has 0 aliphatic rings. The average Bonchev–Trinajstić information content (AvgIpc) is 2.47. The Morgan fingerprint density at radius 2 is 2.14 bits per heavy atom. The Labute approximate surface area is 125 Å². The predicted molar refractivity (Wildman–Crippen MR) is 80.8 cm³/mol. The summed E-state index contributed by atoms with van der Waals surface area (Å²) in [4.78, 5) is 27.1. The summed E-state index contributed by atoms with van der Waals surface area (Å²) in [7, 11) is 0. The molecule has 0 aliphatic carbocycles. The number of anilines is 2. The van der Waals surface area contributed by atoms with Gasteiger partial charge in [-0.2, -0.15) is 5.10 Å². The molecule has 0 spiro atoms. The van der Waals surface area contributed by atoms with Crippen molar-refractivity contribution in [3.8, 4) is 0 Å². The van der Waals surface area contributed by atoms with Crippen LogP contribution in [0.15, 0.2) is 29.1 Å². The van der Waals surface area contributed by atoms with Crippen molar-refractivity contribution < 1.29 is 4.79 Å². The van der Waals surface area contributed by atoms with Gasteiger partial charge >= 0.3 is 0 Å². The van der Waals surface area contributed by atoms with Crippen LogP contribution in [0.1, 0.15) is 23.7 Å². The number of amides is 1. The molecule has 2 heterocycles. The number of pyridine rings is 1. The molecule has 2 rings (SSSR count). The number of aromatic amines is 1. The van der Waals surface area contributed by atoms with Gasteiger partial charge in [0.25, 0.3) is 11.5 Å². The normalized spacial score (nSPS) is 10.2. The van der Waals surface area contributed by atoms with Crippen LogP contribution in [0.2, 0.25) is 5.15 Å². The third kappa shape index (κ3) is 4.28. The number of nitrogens with zero attached hydrogens (tertiary/aromatic N) is 2. The van der Waals surface area contributed by atoms with Gasteiger partial charge in [-0.3, -0.25) is 9.59 Å². The van der Waals surface area contributed by atoms with E-state index in [2.05, 4.69) is 25.8 Å². The van der Waals surface area contributed by atoms with Crippen molar-refractivity contribution >= 4 is 29.1 Å². The zero-order valence-corrected chi connectivity index (χ0v) is 12.1. The molecule has 2 aromatic heterocycles. The molecule has 21 heavy (non-hydrogen) atoms. The molecular weight excluding hydrogens is 294 g/mol. The lowest BCUT2D eigenvalue weighted by atomic mass is 10.2. The standard InChI is InChI=1S/C13H14ClN5O2/c1-2-5-15-11-7-8(6-9(14)16-11)13(21)17-10-3-4-12(20)19-18-10/h3-4,6-7H,2,5H2,1H3,(H,15,16)(H,19,20)(H,17,18,21). The fraction of sp³-hybridized carbons (Fsp3) is 0.231. The lowest BCUT2D eigenvalue weighted by Crippen LogP contribution is -2.16. The molecule has 0 aliphatic heterocycles. The molecule has 0 unspecified atom stereocenters. The highest BCUT2D eigenvalue weighted by molar-refractivity contribution is 6.30. The maximum Gasteiger partial charge on any atom is 0.264 e. The third-order valence-corrected chi connectivity index (χ3v) is 2.73. The number of hydrogen-bond acceptors (Lipinski definition) is 5. The Morgan fingerprint density at radius 1 is 1.33 bits per heavy atom. The Bertz CT molecular complexity index is 681. The molecule has 0 radical (unpaired) electrons. The number of rotatable bonds is 5. The molecule has 0 saturated heterocycles. The van der Waals surface area contributed by atoms with Crippen molar-refractivity contribution in [2.24, 2.45) is 0 Å². The van der Waals surface area contributed by atoms with Crippen molar-refractivity contribution in [3.05, 3.63) is 45.3 Å². The van der Waals surface area contributed by atoms with Gasteiger partial charge in [-0.1, -0.05) is 18.5 Å². The van der Waals surface area contributed by atoms with Gasteiger partial charge in [0, 0.05) is 18.2 Å². The fourth-order valence-corrected chi connectivity index (χ4v) is 1.78. The Morgan fingerprint density at radius 3 is 2.81 bits per heavy atom. The number of carbonyl (C=O) groups is 1. The lowest BCUT2D eigenvalue weighted by Gasteiger charge is -2.08. The van der Waals surface area contributed by atoms with Crippen LogP contribution in [0.3, 0.4) is 0 Å². The van der Waals surface area contributed by atoms with Crippen LogP contribution < -0.4 is 16.2 Å². The molecule has 110 valence electrons. The molecule has 1 amide bonds. The molecule has 0 atom stereocenters. The van der Waals surface area contributed by atoms with E-state index in [9.17, 15) is 9.59 Å². The van der Waals surface area contributed by atoms with Crippen LogP contribution >= 0.6 is 11.6 Å². The minimum Gasteiger partial charge on any atom is -0.370 e. The van der Waals surface area contributed by atoms with Crippen LogP contribution in [0.25, 0.3) is 0 Å². The van der Waals surface area contributed by atoms with Crippen LogP contribution in [0.4, 0.5) is 11.6 Å². The first-order valence-corrected chi connectivity index (χ1v) is 6.75. The summed E-state index contributed by atoms with van der Waals surface area (Å²) in [6, 6.07) is 5.74. The molecule has 0 aromatic carbocycles. The topological polar surface area (TPSA) is 99.8 Å². The quantitative estimate of drug-likeness (QED) is 0.732. The van der Waals surface area contributed by atoms with E-state index in [1.54, 1.807) is 6.07 Å². The van der Waals surface area contributed by atoms with Crippen LogP contribution in [-0.2, 0) is 0 Å². The van der Waals surface area contributed by atoms with Crippen LogP contribution in [-0.4, -0.2) is 27.6 Å². The van der Waals surface area contributed by atoms with E-state index in [1.165, 1.54) is 18.2 Å². The first-order chi connectivity index (χ1) is 10.1. The fourth-order valence-electron chi connectivity index (χ4n) is 1.57. The highest BCUT2D eigenvalue weighted by atomic mass is 35.5. The van der Waals surface area contributed by atoms with Gasteiger partial charge in [-0.15, -0.1) is 0 Å². The second kappa shape index (κ2) is 6.85. The summed E-state index contributed by atoms with van der Waals surface area (Å²) < 4.78 is 0. The van der Waals surface area contributed by atoms with E-state index in [0.717, 1.165) is 13.0 Å². The zero-order valence-electron chi connectivity index (χ0n) is 11.3. The summed E-state index contributed by atoms with van der Waals surface area (Å²) in [6.45, 7) is 2.75. The molecule has 3 N–H and O–H groups in total.